The number of hydrogen-bond acceptors (Lipinski definition) is 9. The molecule has 0 radical (unpaired) electrons. The molecular weight excluding hydrogens is 430 g/mol. The normalized spacial score (nSPS) is 19.7. The first-order valence-electron chi connectivity index (χ1n) is 11.8. The third kappa shape index (κ3) is 4.75. The van der Waals surface area contributed by atoms with Crippen LogP contribution in [0.25, 0.3) is 0 Å². The molecule has 1 saturated heterocycles. The van der Waals surface area contributed by atoms with Gasteiger partial charge in [-0.05, 0) is 44.4 Å². The first-order chi connectivity index (χ1) is 16.4. The molecule has 2 fully saturated rings. The van der Waals surface area contributed by atoms with E-state index in [9.17, 15) is 0 Å². The Balaban J connectivity index is 1.32. The van der Waals surface area contributed by atoms with E-state index in [2.05, 4.69) is 38.6 Å². The average Bonchev–Trinajstić information content (AvgIpc) is 3.35. The van der Waals surface area contributed by atoms with Gasteiger partial charge in [0.2, 0.25) is 5.89 Å². The van der Waals surface area contributed by atoms with Crippen LogP contribution in [0.3, 0.4) is 0 Å². The SMILES string of the molecule is CCC1CN(c2cc(C(=N)c3cc(OC4(C)CC4)ccc3N)ncn2)CCN1Cc1ncco1. The molecule has 2 aliphatic rings. The Morgan fingerprint density at radius 1 is 1.24 bits per heavy atom. The van der Waals surface area contributed by atoms with Gasteiger partial charge in [-0.25, -0.2) is 15.0 Å². The van der Waals surface area contributed by atoms with Crippen LogP contribution < -0.4 is 15.4 Å². The highest BCUT2D eigenvalue weighted by Gasteiger charge is 2.40. The van der Waals surface area contributed by atoms with Gasteiger partial charge in [0.1, 0.15) is 29.8 Å². The first kappa shape index (κ1) is 22.3. The summed E-state index contributed by atoms with van der Waals surface area (Å²) in [5, 5.41) is 8.81. The highest BCUT2D eigenvalue weighted by molar-refractivity contribution is 6.13. The Kier molecular flexibility index (Phi) is 5.95. The van der Waals surface area contributed by atoms with Gasteiger partial charge in [-0.15, -0.1) is 0 Å². The zero-order chi connectivity index (χ0) is 23.7. The second kappa shape index (κ2) is 9.06. The summed E-state index contributed by atoms with van der Waals surface area (Å²) in [5.74, 6) is 2.29. The summed E-state index contributed by atoms with van der Waals surface area (Å²) < 4.78 is 11.5. The summed E-state index contributed by atoms with van der Waals surface area (Å²) in [6.45, 7) is 7.53. The largest absolute Gasteiger partial charge is 0.488 e. The molecule has 0 bridgehead atoms. The van der Waals surface area contributed by atoms with Crippen LogP contribution in [0.15, 0.2) is 47.5 Å². The molecule has 1 aliphatic heterocycles. The Morgan fingerprint density at radius 3 is 2.82 bits per heavy atom. The monoisotopic (exact) mass is 461 g/mol. The molecule has 3 aromatic rings. The highest BCUT2D eigenvalue weighted by Crippen LogP contribution is 2.40. The summed E-state index contributed by atoms with van der Waals surface area (Å²) in [4.78, 5) is 17.8. The number of piperazine rings is 1. The number of nitrogens with zero attached hydrogens (tertiary/aromatic N) is 5. The number of benzene rings is 1. The number of aromatic nitrogens is 3. The van der Waals surface area contributed by atoms with Gasteiger partial charge < -0.3 is 19.8 Å². The van der Waals surface area contributed by atoms with E-state index in [4.69, 9.17) is 20.3 Å². The maximum Gasteiger partial charge on any atom is 0.208 e. The molecular formula is C25H31N7O2. The maximum atomic E-state index is 8.81. The lowest BCUT2D eigenvalue weighted by molar-refractivity contribution is 0.149. The third-order valence-electron chi connectivity index (χ3n) is 6.74. The molecule has 3 heterocycles. The lowest BCUT2D eigenvalue weighted by Crippen LogP contribution is -2.52. The summed E-state index contributed by atoms with van der Waals surface area (Å²) in [6.07, 6.45) is 7.93. The molecule has 0 amide bonds. The van der Waals surface area contributed by atoms with E-state index in [0.29, 0.717) is 29.5 Å². The minimum atomic E-state index is -0.0946. The minimum absolute atomic E-state index is 0.0946. The Labute approximate surface area is 199 Å². The van der Waals surface area contributed by atoms with Crippen molar-refractivity contribution in [2.24, 2.45) is 0 Å². The van der Waals surface area contributed by atoms with Crippen molar-refractivity contribution in [3.05, 3.63) is 60.2 Å². The first-order valence-corrected chi connectivity index (χ1v) is 11.8. The standard InChI is InChI=1S/C25H31N7O2/c1-3-17-14-32(10-9-31(17)15-23-28-8-11-33-23)22-13-21(29-16-30-22)24(27)19-12-18(4-5-20(19)26)34-25(2)6-7-25/h4-5,8,11-13,16-17,27H,3,6-7,9-10,14-15,26H2,1-2H3. The van der Waals surface area contributed by atoms with Gasteiger partial charge in [0.25, 0.3) is 0 Å². The average molecular weight is 462 g/mol. The molecule has 1 saturated carbocycles. The number of anilines is 2. The van der Waals surface area contributed by atoms with Crippen molar-refractivity contribution in [2.45, 2.75) is 51.3 Å². The van der Waals surface area contributed by atoms with Crippen LogP contribution in [0.1, 0.15) is 50.3 Å². The van der Waals surface area contributed by atoms with Crippen LogP contribution >= 0.6 is 0 Å². The quantitative estimate of drug-likeness (QED) is 0.387. The molecule has 0 spiro atoms. The molecule has 1 aliphatic carbocycles. The third-order valence-corrected chi connectivity index (χ3v) is 6.74. The van der Waals surface area contributed by atoms with Crippen molar-refractivity contribution in [1.82, 2.24) is 19.9 Å². The van der Waals surface area contributed by atoms with Gasteiger partial charge in [-0.2, -0.15) is 0 Å². The lowest BCUT2D eigenvalue weighted by Gasteiger charge is -2.41. The molecule has 178 valence electrons. The van der Waals surface area contributed by atoms with Crippen molar-refractivity contribution in [2.75, 3.05) is 30.3 Å². The highest BCUT2D eigenvalue weighted by atomic mass is 16.5. The second-order valence-electron chi connectivity index (χ2n) is 9.34. The van der Waals surface area contributed by atoms with Gasteiger partial charge in [-0.1, -0.05) is 6.92 Å². The molecule has 1 aromatic carbocycles. The Hall–Kier alpha value is -3.46. The molecule has 9 nitrogen and oxygen atoms in total. The van der Waals surface area contributed by atoms with Crippen LogP contribution in [0.5, 0.6) is 5.75 Å². The van der Waals surface area contributed by atoms with Crippen LogP contribution in [0.4, 0.5) is 11.5 Å². The number of hydrogen-bond donors (Lipinski definition) is 2. The topological polar surface area (TPSA) is 117 Å². The summed E-state index contributed by atoms with van der Waals surface area (Å²) in [6, 6.07) is 7.74. The van der Waals surface area contributed by atoms with E-state index in [1.807, 2.05) is 18.2 Å². The number of oxazole rings is 1. The van der Waals surface area contributed by atoms with Gasteiger partial charge in [0.05, 0.1) is 24.1 Å². The van der Waals surface area contributed by atoms with Crippen LogP contribution in [0, 0.1) is 5.41 Å². The molecule has 1 atom stereocenters. The number of ether oxygens (including phenoxy) is 1. The minimum Gasteiger partial charge on any atom is -0.488 e. The fourth-order valence-corrected chi connectivity index (χ4v) is 4.37. The number of nitrogens with two attached hydrogens (primary N) is 1. The molecule has 9 heteroatoms. The van der Waals surface area contributed by atoms with Gasteiger partial charge >= 0.3 is 0 Å². The number of rotatable bonds is 8. The Morgan fingerprint density at radius 2 is 2.09 bits per heavy atom. The lowest BCUT2D eigenvalue weighted by atomic mass is 10.0. The smallest absolute Gasteiger partial charge is 0.208 e. The van der Waals surface area contributed by atoms with Crippen LogP contribution in [-0.4, -0.2) is 56.8 Å². The second-order valence-corrected chi connectivity index (χ2v) is 9.34. The van der Waals surface area contributed by atoms with Crippen molar-refractivity contribution >= 4 is 17.2 Å². The van der Waals surface area contributed by atoms with E-state index in [1.165, 1.54) is 6.33 Å². The van der Waals surface area contributed by atoms with Crippen LogP contribution in [-0.2, 0) is 6.54 Å². The maximum absolute atomic E-state index is 8.81. The molecule has 3 N–H and O–H groups in total. The van der Waals surface area contributed by atoms with E-state index < -0.39 is 0 Å². The van der Waals surface area contributed by atoms with Crippen molar-refractivity contribution in [3.8, 4) is 5.75 Å². The fourth-order valence-electron chi connectivity index (χ4n) is 4.37. The van der Waals surface area contributed by atoms with Gasteiger partial charge in [0, 0.05) is 43.0 Å². The van der Waals surface area contributed by atoms with E-state index in [-0.39, 0.29) is 11.3 Å². The predicted molar refractivity (Wildman–Crippen MR) is 130 cm³/mol. The summed E-state index contributed by atoms with van der Waals surface area (Å²) in [7, 11) is 0. The summed E-state index contributed by atoms with van der Waals surface area (Å²) >= 11 is 0. The molecule has 5 rings (SSSR count). The van der Waals surface area contributed by atoms with E-state index in [1.54, 1.807) is 18.5 Å². The molecule has 1 unspecified atom stereocenters. The van der Waals surface area contributed by atoms with E-state index in [0.717, 1.165) is 56.4 Å². The summed E-state index contributed by atoms with van der Waals surface area (Å²) in [5.41, 5.74) is 8.09. The van der Waals surface area contributed by atoms with Gasteiger partial charge in [-0.3, -0.25) is 10.3 Å². The number of nitrogens with one attached hydrogen (secondary N) is 1. The Bertz CT molecular complexity index is 1160. The molecule has 2 aromatic heterocycles. The fraction of sp³-hybridized carbons (Fsp3) is 0.440. The van der Waals surface area contributed by atoms with Crippen molar-refractivity contribution in [3.63, 3.8) is 0 Å². The predicted octanol–water partition coefficient (Wildman–Crippen LogP) is 3.50. The zero-order valence-corrected chi connectivity index (χ0v) is 19.7. The molecule has 34 heavy (non-hydrogen) atoms. The zero-order valence-electron chi connectivity index (χ0n) is 19.7. The number of nitrogen functional groups attached to an aromatic ring is 1. The van der Waals surface area contributed by atoms with Crippen LogP contribution in [0.2, 0.25) is 0 Å². The van der Waals surface area contributed by atoms with Crippen molar-refractivity contribution in [1.29, 1.82) is 5.41 Å². The van der Waals surface area contributed by atoms with E-state index >= 15 is 0 Å². The van der Waals surface area contributed by atoms with Crippen molar-refractivity contribution < 1.29 is 9.15 Å². The van der Waals surface area contributed by atoms with Gasteiger partial charge in [0.15, 0.2) is 0 Å².